The summed E-state index contributed by atoms with van der Waals surface area (Å²) >= 11 is 9.09. The van der Waals surface area contributed by atoms with Crippen molar-refractivity contribution in [1.29, 1.82) is 0 Å². The molecule has 1 nitrogen and oxygen atoms in total. The summed E-state index contributed by atoms with van der Waals surface area (Å²) in [6.07, 6.45) is 4.07. The third-order valence-electron chi connectivity index (χ3n) is 2.70. The van der Waals surface area contributed by atoms with Gasteiger partial charge in [0.25, 0.3) is 0 Å². The molecule has 20 heavy (non-hydrogen) atoms. The largest absolute Gasteiger partial charge is 0.392 e. The fraction of sp³-hybridized carbons (Fsp3) is 0.250. The van der Waals surface area contributed by atoms with Crippen molar-refractivity contribution in [1.82, 2.24) is 0 Å². The van der Waals surface area contributed by atoms with Crippen LogP contribution in [0.15, 0.2) is 58.3 Å². The van der Waals surface area contributed by atoms with E-state index in [4.69, 9.17) is 16.7 Å². The topological polar surface area (TPSA) is 20.2 Å². The number of halogens is 1. The van der Waals surface area contributed by atoms with Crippen molar-refractivity contribution in [3.05, 3.63) is 59.7 Å². The molecule has 0 bridgehead atoms. The Morgan fingerprint density at radius 3 is 1.65 bits per heavy atom. The van der Waals surface area contributed by atoms with Crippen LogP contribution < -0.4 is 0 Å². The van der Waals surface area contributed by atoms with E-state index in [1.807, 2.05) is 42.7 Å². The van der Waals surface area contributed by atoms with Crippen molar-refractivity contribution in [2.24, 2.45) is 0 Å². The van der Waals surface area contributed by atoms with E-state index in [-0.39, 0.29) is 6.61 Å². The Balaban J connectivity index is 0.000000200. The molecule has 108 valence electrons. The van der Waals surface area contributed by atoms with Crippen molar-refractivity contribution in [3.8, 4) is 0 Å². The molecule has 0 amide bonds. The third kappa shape index (κ3) is 5.41. The zero-order chi connectivity index (χ0) is 14.8. The van der Waals surface area contributed by atoms with Crippen LogP contribution in [0, 0.1) is 0 Å². The van der Waals surface area contributed by atoms with Gasteiger partial charge in [-0.2, -0.15) is 0 Å². The van der Waals surface area contributed by atoms with E-state index in [9.17, 15) is 0 Å². The van der Waals surface area contributed by atoms with Crippen LogP contribution in [0.3, 0.4) is 0 Å². The van der Waals surface area contributed by atoms with E-state index >= 15 is 0 Å². The monoisotopic (exact) mass is 326 g/mol. The Morgan fingerprint density at radius 1 is 0.850 bits per heavy atom. The molecule has 0 aromatic heterocycles. The average Bonchev–Trinajstić information content (AvgIpc) is 2.55. The lowest BCUT2D eigenvalue weighted by Gasteiger charge is -2.01. The lowest BCUT2D eigenvalue weighted by atomic mass is 10.2. The summed E-state index contributed by atoms with van der Waals surface area (Å²) in [7, 11) is 0. The molecule has 0 unspecified atom stereocenters. The highest BCUT2D eigenvalue weighted by Gasteiger charge is 1.96. The molecular weight excluding hydrogens is 308 g/mol. The molecule has 4 heteroatoms. The van der Waals surface area contributed by atoms with Crippen molar-refractivity contribution in [3.63, 3.8) is 0 Å². The van der Waals surface area contributed by atoms with Gasteiger partial charge in [-0.3, -0.25) is 0 Å². The molecule has 0 fully saturated rings. The van der Waals surface area contributed by atoms with Gasteiger partial charge in [0.15, 0.2) is 0 Å². The summed E-state index contributed by atoms with van der Waals surface area (Å²) in [5.74, 6) is 0.608. The first-order chi connectivity index (χ1) is 9.76. The molecule has 0 aliphatic heterocycles. The van der Waals surface area contributed by atoms with Gasteiger partial charge in [-0.25, -0.2) is 0 Å². The Hall–Kier alpha value is -0.610. The maximum atomic E-state index is 8.84. The van der Waals surface area contributed by atoms with E-state index in [1.54, 1.807) is 23.5 Å². The molecule has 2 rings (SSSR count). The summed E-state index contributed by atoms with van der Waals surface area (Å²) in [4.78, 5) is 2.43. The fourth-order valence-electron chi connectivity index (χ4n) is 1.65. The lowest BCUT2D eigenvalue weighted by molar-refractivity contribution is 0.279. The fourth-order valence-corrected chi connectivity index (χ4v) is 3.19. The van der Waals surface area contributed by atoms with Crippen LogP contribution in [0.4, 0.5) is 0 Å². The van der Waals surface area contributed by atoms with E-state index < -0.39 is 0 Å². The van der Waals surface area contributed by atoms with Gasteiger partial charge >= 0.3 is 0 Å². The van der Waals surface area contributed by atoms with Crippen LogP contribution in [0.25, 0.3) is 0 Å². The Kier molecular flexibility index (Phi) is 8.86. The molecule has 0 radical (unpaired) electrons. The minimum Gasteiger partial charge on any atom is -0.392 e. The second-order valence-electron chi connectivity index (χ2n) is 3.92. The van der Waals surface area contributed by atoms with Gasteiger partial charge in [-0.05, 0) is 35.8 Å². The number of alkyl halides is 1. The summed E-state index contributed by atoms with van der Waals surface area (Å²) in [5, 5.41) is 8.84. The maximum Gasteiger partial charge on any atom is 0.0692 e. The second-order valence-corrected chi connectivity index (χ2v) is 5.88. The van der Waals surface area contributed by atoms with Crippen molar-refractivity contribution < 1.29 is 5.11 Å². The summed E-state index contributed by atoms with van der Waals surface area (Å²) in [6, 6.07) is 16.0. The second kappa shape index (κ2) is 10.2. The van der Waals surface area contributed by atoms with Crippen molar-refractivity contribution in [2.45, 2.75) is 22.3 Å². The SMILES string of the molecule is CSc1ccccc1CCl.CSc1ccccc1CO. The van der Waals surface area contributed by atoms with Crippen LogP contribution in [-0.2, 0) is 12.5 Å². The molecule has 0 saturated heterocycles. The molecule has 1 N–H and O–H groups in total. The van der Waals surface area contributed by atoms with E-state index in [0.717, 1.165) is 10.5 Å². The number of aliphatic hydroxyl groups excluding tert-OH is 1. The minimum absolute atomic E-state index is 0.136. The van der Waals surface area contributed by atoms with E-state index in [0.29, 0.717) is 5.88 Å². The molecule has 0 atom stereocenters. The number of aliphatic hydroxyl groups is 1. The lowest BCUT2D eigenvalue weighted by Crippen LogP contribution is -1.84. The van der Waals surface area contributed by atoms with Gasteiger partial charge in [0.1, 0.15) is 0 Å². The van der Waals surface area contributed by atoms with E-state index in [2.05, 4.69) is 18.4 Å². The molecule has 2 aromatic rings. The van der Waals surface area contributed by atoms with Crippen LogP contribution in [0.2, 0.25) is 0 Å². The molecule has 0 saturated carbocycles. The summed E-state index contributed by atoms with van der Waals surface area (Å²) < 4.78 is 0. The molecule has 0 heterocycles. The van der Waals surface area contributed by atoms with Crippen LogP contribution in [-0.4, -0.2) is 17.6 Å². The van der Waals surface area contributed by atoms with Crippen molar-refractivity contribution in [2.75, 3.05) is 12.5 Å². The standard InChI is InChI=1S/C8H9ClS.C8H10OS/c2*1-10-8-5-3-2-4-7(8)6-9/h2-5H,6H2,1H3;2-5,9H,6H2,1H3. The number of hydrogen-bond acceptors (Lipinski definition) is 3. The Bertz CT molecular complexity index is 424. The van der Waals surface area contributed by atoms with Gasteiger partial charge in [-0.15, -0.1) is 35.1 Å². The molecule has 0 aliphatic rings. The highest BCUT2D eigenvalue weighted by molar-refractivity contribution is 7.98. The van der Waals surface area contributed by atoms with Gasteiger partial charge in [0.2, 0.25) is 0 Å². The predicted molar refractivity (Wildman–Crippen MR) is 91.9 cm³/mol. The molecule has 2 aromatic carbocycles. The van der Waals surface area contributed by atoms with Gasteiger partial charge < -0.3 is 5.11 Å². The number of thioether (sulfide) groups is 2. The van der Waals surface area contributed by atoms with Crippen LogP contribution in [0.1, 0.15) is 11.1 Å². The third-order valence-corrected chi connectivity index (χ3v) is 4.66. The van der Waals surface area contributed by atoms with Crippen LogP contribution in [0.5, 0.6) is 0 Å². The zero-order valence-electron chi connectivity index (χ0n) is 11.7. The number of rotatable bonds is 4. The van der Waals surface area contributed by atoms with E-state index in [1.165, 1.54) is 10.5 Å². The minimum atomic E-state index is 0.136. The highest BCUT2D eigenvalue weighted by Crippen LogP contribution is 2.21. The van der Waals surface area contributed by atoms with Crippen molar-refractivity contribution >= 4 is 35.1 Å². The quantitative estimate of drug-likeness (QED) is 0.627. The van der Waals surface area contributed by atoms with Gasteiger partial charge in [0.05, 0.1) is 6.61 Å². The summed E-state index contributed by atoms with van der Waals surface area (Å²) in [6.45, 7) is 0.136. The smallest absolute Gasteiger partial charge is 0.0692 e. The molecule has 0 spiro atoms. The first-order valence-corrected chi connectivity index (χ1v) is 9.15. The average molecular weight is 327 g/mol. The molecule has 0 aliphatic carbocycles. The predicted octanol–water partition coefficient (Wildman–Crippen LogP) is 5.05. The Morgan fingerprint density at radius 2 is 1.30 bits per heavy atom. The van der Waals surface area contributed by atoms with Crippen LogP contribution >= 0.6 is 35.1 Å². The number of hydrogen-bond donors (Lipinski definition) is 1. The Labute approximate surface area is 134 Å². The summed E-state index contributed by atoms with van der Waals surface area (Å²) in [5.41, 5.74) is 2.23. The zero-order valence-corrected chi connectivity index (χ0v) is 14.1. The number of benzene rings is 2. The highest BCUT2D eigenvalue weighted by atomic mass is 35.5. The normalized spacial score (nSPS) is 9.80. The van der Waals surface area contributed by atoms with Gasteiger partial charge in [-0.1, -0.05) is 36.4 Å². The first kappa shape index (κ1) is 17.4. The maximum absolute atomic E-state index is 8.84. The first-order valence-electron chi connectivity index (χ1n) is 6.17. The van der Waals surface area contributed by atoms with Gasteiger partial charge in [0, 0.05) is 15.7 Å². The molecular formula is C16H19ClOS2.